The van der Waals surface area contributed by atoms with Crippen molar-refractivity contribution in [3.05, 3.63) is 23.8 Å². The Labute approximate surface area is 123 Å². The van der Waals surface area contributed by atoms with E-state index < -0.39 is 6.61 Å². The lowest BCUT2D eigenvalue weighted by Crippen LogP contribution is -2.32. The highest BCUT2D eigenvalue weighted by Gasteiger charge is 2.40. The highest BCUT2D eigenvalue weighted by molar-refractivity contribution is 5.43. The lowest BCUT2D eigenvalue weighted by atomic mass is 10.1. The van der Waals surface area contributed by atoms with E-state index >= 15 is 0 Å². The van der Waals surface area contributed by atoms with Crippen LogP contribution in [0.3, 0.4) is 0 Å². The van der Waals surface area contributed by atoms with Gasteiger partial charge >= 0.3 is 6.61 Å². The van der Waals surface area contributed by atoms with Crippen molar-refractivity contribution in [1.82, 2.24) is 5.32 Å². The van der Waals surface area contributed by atoms with Crippen LogP contribution in [0.1, 0.15) is 31.2 Å². The molecule has 0 aromatic heterocycles. The summed E-state index contributed by atoms with van der Waals surface area (Å²) in [5.41, 5.74) is 0.942. The maximum absolute atomic E-state index is 12.4. The van der Waals surface area contributed by atoms with Crippen LogP contribution >= 0.6 is 0 Å². The van der Waals surface area contributed by atoms with Gasteiger partial charge < -0.3 is 14.8 Å². The molecule has 0 bridgehead atoms. The predicted octanol–water partition coefficient (Wildman–Crippen LogP) is 3.57. The molecule has 0 atom stereocenters. The number of methoxy groups -OCH3 is 1. The Morgan fingerprint density at radius 2 is 1.81 bits per heavy atom. The number of hydrogen-bond donors (Lipinski definition) is 1. The number of ether oxygens (including phenoxy) is 2. The van der Waals surface area contributed by atoms with E-state index in [2.05, 4.69) is 10.1 Å². The fraction of sp³-hybridized carbons (Fsp3) is 0.625. The standard InChI is InChI=1S/C16H21F2NO2/c1-20-13-7-2-10(8-14(13)21-16(17)18)9-19-15(11-3-4-11)12-5-6-12/h2,7-8,11-12,15-16,19H,3-6,9H2,1H3. The molecule has 0 saturated heterocycles. The van der Waals surface area contributed by atoms with Crippen molar-refractivity contribution in [2.24, 2.45) is 11.8 Å². The molecule has 1 N–H and O–H groups in total. The first kappa shape index (κ1) is 14.6. The first-order valence-corrected chi connectivity index (χ1v) is 7.52. The van der Waals surface area contributed by atoms with Gasteiger partial charge in [-0.25, -0.2) is 0 Å². The molecule has 1 aromatic carbocycles. The van der Waals surface area contributed by atoms with E-state index in [4.69, 9.17) is 4.74 Å². The van der Waals surface area contributed by atoms with Crippen molar-refractivity contribution in [1.29, 1.82) is 0 Å². The Morgan fingerprint density at radius 1 is 1.14 bits per heavy atom. The topological polar surface area (TPSA) is 30.5 Å². The first-order valence-electron chi connectivity index (χ1n) is 7.52. The van der Waals surface area contributed by atoms with Crippen LogP contribution in [-0.4, -0.2) is 19.8 Å². The number of halogens is 2. The molecule has 2 fully saturated rings. The Hall–Kier alpha value is -1.36. The van der Waals surface area contributed by atoms with Crippen LogP contribution < -0.4 is 14.8 Å². The third-order valence-corrected chi connectivity index (χ3v) is 4.25. The summed E-state index contributed by atoms with van der Waals surface area (Å²) < 4.78 is 34.4. The summed E-state index contributed by atoms with van der Waals surface area (Å²) in [5.74, 6) is 2.06. The van der Waals surface area contributed by atoms with E-state index in [0.717, 1.165) is 17.4 Å². The van der Waals surface area contributed by atoms with E-state index in [1.807, 2.05) is 6.07 Å². The molecule has 0 heterocycles. The zero-order valence-corrected chi connectivity index (χ0v) is 12.1. The largest absolute Gasteiger partial charge is 0.493 e. The number of hydrogen-bond acceptors (Lipinski definition) is 3. The number of nitrogens with one attached hydrogen (secondary N) is 1. The third-order valence-electron chi connectivity index (χ3n) is 4.25. The summed E-state index contributed by atoms with van der Waals surface area (Å²) in [6, 6.07) is 5.79. The summed E-state index contributed by atoms with van der Waals surface area (Å²) in [4.78, 5) is 0. The zero-order valence-electron chi connectivity index (χ0n) is 12.1. The van der Waals surface area contributed by atoms with Crippen molar-refractivity contribution < 1.29 is 18.3 Å². The molecular weight excluding hydrogens is 276 g/mol. The summed E-state index contributed by atoms with van der Waals surface area (Å²) in [6.45, 7) is -2.16. The van der Waals surface area contributed by atoms with Gasteiger partial charge in [-0.15, -0.1) is 0 Å². The number of rotatable bonds is 8. The van der Waals surface area contributed by atoms with E-state index in [0.29, 0.717) is 18.3 Å². The molecule has 0 amide bonds. The van der Waals surface area contributed by atoms with Crippen LogP contribution in [0.5, 0.6) is 11.5 Å². The van der Waals surface area contributed by atoms with Crippen LogP contribution in [0.15, 0.2) is 18.2 Å². The van der Waals surface area contributed by atoms with Gasteiger partial charge in [0.1, 0.15) is 0 Å². The fourth-order valence-electron chi connectivity index (χ4n) is 2.88. The van der Waals surface area contributed by atoms with E-state index in [1.54, 1.807) is 12.1 Å². The highest BCUT2D eigenvalue weighted by Crippen LogP contribution is 2.44. The normalized spacial score (nSPS) is 18.3. The van der Waals surface area contributed by atoms with Gasteiger partial charge in [0.05, 0.1) is 7.11 Å². The second-order valence-electron chi connectivity index (χ2n) is 5.95. The Morgan fingerprint density at radius 3 is 2.33 bits per heavy atom. The molecule has 21 heavy (non-hydrogen) atoms. The van der Waals surface area contributed by atoms with Gasteiger partial charge in [-0.2, -0.15) is 8.78 Å². The molecule has 2 aliphatic rings. The molecule has 3 rings (SSSR count). The Kier molecular flexibility index (Phi) is 4.29. The second-order valence-corrected chi connectivity index (χ2v) is 5.95. The summed E-state index contributed by atoms with van der Waals surface area (Å²) >= 11 is 0. The quantitative estimate of drug-likeness (QED) is 0.795. The van der Waals surface area contributed by atoms with Crippen molar-refractivity contribution >= 4 is 0 Å². The third kappa shape index (κ3) is 3.84. The van der Waals surface area contributed by atoms with Crippen molar-refractivity contribution in [2.75, 3.05) is 7.11 Å². The molecule has 2 saturated carbocycles. The van der Waals surface area contributed by atoms with E-state index in [1.165, 1.54) is 32.8 Å². The molecule has 0 aliphatic heterocycles. The van der Waals surface area contributed by atoms with Crippen LogP contribution in [0.4, 0.5) is 8.78 Å². The Balaban J connectivity index is 1.64. The smallest absolute Gasteiger partial charge is 0.387 e. The molecular formula is C16H21F2NO2. The molecule has 5 heteroatoms. The van der Waals surface area contributed by atoms with E-state index in [-0.39, 0.29) is 5.75 Å². The monoisotopic (exact) mass is 297 g/mol. The molecule has 0 unspecified atom stereocenters. The first-order chi connectivity index (χ1) is 10.2. The van der Waals surface area contributed by atoms with Crippen LogP contribution in [0.25, 0.3) is 0 Å². The summed E-state index contributed by atoms with van der Waals surface area (Å²) in [5, 5.41) is 3.59. The fourth-order valence-corrected chi connectivity index (χ4v) is 2.88. The zero-order chi connectivity index (χ0) is 14.8. The van der Waals surface area contributed by atoms with Gasteiger partial charge in [-0.1, -0.05) is 6.07 Å². The second kappa shape index (κ2) is 6.18. The molecule has 0 spiro atoms. The summed E-state index contributed by atoms with van der Waals surface area (Å²) in [6.07, 6.45) is 5.26. The molecule has 116 valence electrons. The minimum Gasteiger partial charge on any atom is -0.493 e. The molecule has 3 nitrogen and oxygen atoms in total. The van der Waals surface area contributed by atoms with Gasteiger partial charge in [0.2, 0.25) is 0 Å². The molecule has 0 radical (unpaired) electrons. The molecule has 1 aromatic rings. The van der Waals surface area contributed by atoms with Crippen molar-refractivity contribution in [3.63, 3.8) is 0 Å². The maximum Gasteiger partial charge on any atom is 0.387 e. The SMILES string of the molecule is COc1ccc(CNC(C2CC2)C2CC2)cc1OC(F)F. The van der Waals surface area contributed by atoms with Gasteiger partial charge in [0, 0.05) is 12.6 Å². The lowest BCUT2D eigenvalue weighted by molar-refractivity contribution is -0.0512. The molecule has 2 aliphatic carbocycles. The van der Waals surface area contributed by atoms with Crippen LogP contribution in [0.2, 0.25) is 0 Å². The van der Waals surface area contributed by atoms with Gasteiger partial charge in [0.15, 0.2) is 11.5 Å². The summed E-state index contributed by atoms with van der Waals surface area (Å²) in [7, 11) is 1.45. The van der Waals surface area contributed by atoms with Gasteiger partial charge in [0.25, 0.3) is 0 Å². The van der Waals surface area contributed by atoms with Crippen molar-refractivity contribution in [2.45, 2.75) is 44.9 Å². The van der Waals surface area contributed by atoms with Crippen LogP contribution in [0, 0.1) is 11.8 Å². The Bertz CT molecular complexity index is 475. The highest BCUT2D eigenvalue weighted by atomic mass is 19.3. The van der Waals surface area contributed by atoms with Gasteiger partial charge in [-0.05, 0) is 55.2 Å². The average molecular weight is 297 g/mol. The van der Waals surface area contributed by atoms with Crippen LogP contribution in [-0.2, 0) is 6.54 Å². The predicted molar refractivity (Wildman–Crippen MR) is 75.7 cm³/mol. The van der Waals surface area contributed by atoms with Crippen molar-refractivity contribution in [3.8, 4) is 11.5 Å². The number of alkyl halides is 2. The maximum atomic E-state index is 12.4. The number of benzene rings is 1. The lowest BCUT2D eigenvalue weighted by Gasteiger charge is -2.18. The minimum atomic E-state index is -2.84. The average Bonchev–Trinajstić information content (AvgIpc) is 3.32. The minimum absolute atomic E-state index is 0.0983. The van der Waals surface area contributed by atoms with Gasteiger partial charge in [-0.3, -0.25) is 0 Å². The van der Waals surface area contributed by atoms with E-state index in [9.17, 15) is 8.78 Å².